The van der Waals surface area contributed by atoms with Crippen molar-refractivity contribution in [3.05, 3.63) is 48.7 Å². The normalized spacial score (nSPS) is 18.0. The van der Waals surface area contributed by atoms with E-state index in [0.29, 0.717) is 36.8 Å². The molecule has 0 N–H and O–H groups in total. The van der Waals surface area contributed by atoms with Gasteiger partial charge in [0.05, 0.1) is 6.26 Å². The number of carbonyl (C=O) groups excluding carboxylic acids is 1. The predicted octanol–water partition coefficient (Wildman–Crippen LogP) is 2.20. The first kappa shape index (κ1) is 17.4. The summed E-state index contributed by atoms with van der Waals surface area (Å²) in [7, 11) is -3.42. The van der Waals surface area contributed by atoms with Crippen LogP contribution in [0.4, 0.5) is 0 Å². The Morgan fingerprint density at radius 3 is 2.52 bits per heavy atom. The molecule has 0 amide bonds. The smallest absolute Gasteiger partial charge is 0.329 e. The van der Waals surface area contributed by atoms with E-state index in [9.17, 15) is 13.2 Å². The lowest BCUT2D eigenvalue weighted by atomic mass is 10.2. The first-order chi connectivity index (χ1) is 11.9. The van der Waals surface area contributed by atoms with Gasteiger partial charge in [-0.3, -0.25) is 0 Å². The minimum absolute atomic E-state index is 0.332. The molecule has 0 spiro atoms. The SMILES string of the molecule is CS(=O)(=O)N1CCC[C@@H]1C(=O)Oc1ccc(Oc2ccccn2)cc1. The van der Waals surface area contributed by atoms with Crippen LogP contribution in [-0.2, 0) is 14.8 Å². The number of hydrogen-bond donors (Lipinski definition) is 0. The van der Waals surface area contributed by atoms with Gasteiger partial charge >= 0.3 is 5.97 Å². The molecule has 25 heavy (non-hydrogen) atoms. The van der Waals surface area contributed by atoms with Crippen LogP contribution in [0.2, 0.25) is 0 Å². The predicted molar refractivity (Wildman–Crippen MR) is 91.0 cm³/mol. The molecule has 1 aliphatic heterocycles. The van der Waals surface area contributed by atoms with Gasteiger partial charge < -0.3 is 9.47 Å². The molecule has 1 atom stereocenters. The van der Waals surface area contributed by atoms with Gasteiger partial charge in [-0.2, -0.15) is 4.31 Å². The average Bonchev–Trinajstić information content (AvgIpc) is 3.08. The summed E-state index contributed by atoms with van der Waals surface area (Å²) >= 11 is 0. The van der Waals surface area contributed by atoms with E-state index in [-0.39, 0.29) is 0 Å². The highest BCUT2D eigenvalue weighted by molar-refractivity contribution is 7.88. The van der Waals surface area contributed by atoms with Gasteiger partial charge in [0.1, 0.15) is 17.5 Å². The van der Waals surface area contributed by atoms with Gasteiger partial charge in [-0.25, -0.2) is 18.2 Å². The number of aromatic nitrogens is 1. The van der Waals surface area contributed by atoms with E-state index in [2.05, 4.69) is 4.98 Å². The van der Waals surface area contributed by atoms with Crippen LogP contribution in [0.25, 0.3) is 0 Å². The van der Waals surface area contributed by atoms with Gasteiger partial charge in [0, 0.05) is 18.8 Å². The lowest BCUT2D eigenvalue weighted by Crippen LogP contribution is -2.41. The maximum atomic E-state index is 12.3. The van der Waals surface area contributed by atoms with E-state index < -0.39 is 22.0 Å². The molecule has 3 rings (SSSR count). The zero-order valence-corrected chi connectivity index (χ0v) is 14.5. The fourth-order valence-corrected chi connectivity index (χ4v) is 3.78. The molecular formula is C17H18N2O5S. The number of ether oxygens (including phenoxy) is 2. The van der Waals surface area contributed by atoms with Crippen molar-refractivity contribution in [1.29, 1.82) is 0 Å². The molecule has 1 aliphatic rings. The van der Waals surface area contributed by atoms with Crippen LogP contribution < -0.4 is 9.47 Å². The quantitative estimate of drug-likeness (QED) is 0.599. The number of benzene rings is 1. The summed E-state index contributed by atoms with van der Waals surface area (Å²) in [5.74, 6) is 0.777. The van der Waals surface area contributed by atoms with Gasteiger partial charge in [0.2, 0.25) is 15.9 Å². The molecule has 7 nitrogen and oxygen atoms in total. The largest absolute Gasteiger partial charge is 0.439 e. The molecule has 0 unspecified atom stereocenters. The molecule has 0 radical (unpaired) electrons. The second-order valence-corrected chi connectivity index (χ2v) is 7.63. The van der Waals surface area contributed by atoms with Gasteiger partial charge in [-0.15, -0.1) is 0 Å². The van der Waals surface area contributed by atoms with Crippen LogP contribution in [0.1, 0.15) is 12.8 Å². The Kier molecular flexibility index (Phi) is 5.00. The van der Waals surface area contributed by atoms with Crippen LogP contribution in [-0.4, -0.2) is 42.5 Å². The van der Waals surface area contributed by atoms with E-state index in [1.807, 2.05) is 6.07 Å². The van der Waals surface area contributed by atoms with Gasteiger partial charge in [0.25, 0.3) is 0 Å². The molecule has 1 fully saturated rings. The minimum Gasteiger partial charge on any atom is -0.439 e. The number of hydrogen-bond acceptors (Lipinski definition) is 6. The molecule has 2 aromatic rings. The Hall–Kier alpha value is -2.45. The van der Waals surface area contributed by atoms with Crippen LogP contribution >= 0.6 is 0 Å². The minimum atomic E-state index is -3.42. The third kappa shape index (κ3) is 4.34. The third-order valence-electron chi connectivity index (χ3n) is 3.80. The lowest BCUT2D eigenvalue weighted by Gasteiger charge is -2.20. The Labute approximate surface area is 146 Å². The van der Waals surface area contributed by atoms with Crippen molar-refractivity contribution in [3.63, 3.8) is 0 Å². The number of sulfonamides is 1. The average molecular weight is 362 g/mol. The first-order valence-electron chi connectivity index (χ1n) is 7.81. The van der Waals surface area contributed by atoms with Gasteiger partial charge in [0.15, 0.2) is 0 Å². The van der Waals surface area contributed by atoms with Crippen molar-refractivity contribution >= 4 is 16.0 Å². The molecule has 0 bridgehead atoms. The van der Waals surface area contributed by atoms with Crippen LogP contribution in [0.15, 0.2) is 48.7 Å². The van der Waals surface area contributed by atoms with Gasteiger partial charge in [-0.1, -0.05) is 6.07 Å². The molecule has 2 heterocycles. The van der Waals surface area contributed by atoms with E-state index in [0.717, 1.165) is 6.26 Å². The molecule has 0 saturated carbocycles. The monoisotopic (exact) mass is 362 g/mol. The van der Waals surface area contributed by atoms with Crippen LogP contribution in [0.5, 0.6) is 17.4 Å². The highest BCUT2D eigenvalue weighted by Gasteiger charge is 2.37. The summed E-state index contributed by atoms with van der Waals surface area (Å²) in [6.45, 7) is 0.343. The number of rotatable bonds is 5. The third-order valence-corrected chi connectivity index (χ3v) is 5.09. The maximum Gasteiger partial charge on any atom is 0.329 e. The summed E-state index contributed by atoms with van der Waals surface area (Å²) < 4.78 is 35.5. The Morgan fingerprint density at radius 2 is 1.88 bits per heavy atom. The first-order valence-corrected chi connectivity index (χ1v) is 9.66. The number of nitrogens with zero attached hydrogens (tertiary/aromatic N) is 2. The number of pyridine rings is 1. The van der Waals surface area contributed by atoms with Crippen molar-refractivity contribution in [1.82, 2.24) is 9.29 Å². The molecule has 132 valence electrons. The zero-order valence-electron chi connectivity index (χ0n) is 13.7. The van der Waals surface area contributed by atoms with Crippen molar-refractivity contribution in [2.45, 2.75) is 18.9 Å². The molecule has 1 aromatic carbocycles. The molecule has 1 saturated heterocycles. The molecular weight excluding hydrogens is 344 g/mol. The Bertz CT molecular complexity index is 837. The Morgan fingerprint density at radius 1 is 1.16 bits per heavy atom. The maximum absolute atomic E-state index is 12.3. The molecule has 1 aromatic heterocycles. The van der Waals surface area contributed by atoms with Crippen molar-refractivity contribution < 1.29 is 22.7 Å². The molecule has 0 aliphatic carbocycles. The van der Waals surface area contributed by atoms with Crippen molar-refractivity contribution in [2.75, 3.05) is 12.8 Å². The summed E-state index contributed by atoms with van der Waals surface area (Å²) in [4.78, 5) is 16.3. The van der Waals surface area contributed by atoms with E-state index >= 15 is 0 Å². The fourth-order valence-electron chi connectivity index (χ4n) is 2.66. The second-order valence-electron chi connectivity index (χ2n) is 5.69. The van der Waals surface area contributed by atoms with E-state index in [4.69, 9.17) is 9.47 Å². The standard InChI is InChI=1S/C17H18N2O5S/c1-25(21,22)19-12-4-5-15(19)17(20)24-14-9-7-13(8-10-14)23-16-6-2-3-11-18-16/h2-3,6-11,15H,4-5,12H2,1H3/t15-/m1/s1. The summed E-state index contributed by atoms with van der Waals surface area (Å²) in [6.07, 6.45) is 3.83. The van der Waals surface area contributed by atoms with E-state index in [1.54, 1.807) is 42.6 Å². The fraction of sp³-hybridized carbons (Fsp3) is 0.294. The van der Waals surface area contributed by atoms with Crippen LogP contribution in [0, 0.1) is 0 Å². The summed E-state index contributed by atoms with van der Waals surface area (Å²) in [6, 6.07) is 11.1. The van der Waals surface area contributed by atoms with Crippen molar-refractivity contribution in [3.8, 4) is 17.4 Å². The lowest BCUT2D eigenvalue weighted by molar-refractivity contribution is -0.137. The molecule has 8 heteroatoms. The highest BCUT2D eigenvalue weighted by Crippen LogP contribution is 2.25. The summed E-state index contributed by atoms with van der Waals surface area (Å²) in [5, 5.41) is 0. The highest BCUT2D eigenvalue weighted by atomic mass is 32.2. The van der Waals surface area contributed by atoms with Gasteiger partial charge in [-0.05, 0) is 43.2 Å². The topological polar surface area (TPSA) is 85.8 Å². The Balaban J connectivity index is 1.64. The van der Waals surface area contributed by atoms with Crippen LogP contribution in [0.3, 0.4) is 0 Å². The second kappa shape index (κ2) is 7.20. The number of esters is 1. The summed E-state index contributed by atoms with van der Waals surface area (Å²) in [5.41, 5.74) is 0. The zero-order chi connectivity index (χ0) is 17.9. The number of carbonyl (C=O) groups is 1. The van der Waals surface area contributed by atoms with E-state index in [1.165, 1.54) is 4.31 Å². The van der Waals surface area contributed by atoms with Crippen molar-refractivity contribution in [2.24, 2.45) is 0 Å².